The molecule has 2 N–H and O–H groups in total. The van der Waals surface area contributed by atoms with Gasteiger partial charge in [-0.15, -0.1) is 0 Å². The van der Waals surface area contributed by atoms with Crippen LogP contribution in [0.5, 0.6) is 0 Å². The van der Waals surface area contributed by atoms with E-state index >= 15 is 0 Å². The van der Waals surface area contributed by atoms with E-state index in [9.17, 15) is 9.59 Å². The van der Waals surface area contributed by atoms with Gasteiger partial charge in [-0.05, 0) is 43.7 Å². The first-order chi connectivity index (χ1) is 9.09. The maximum absolute atomic E-state index is 12.4. The van der Waals surface area contributed by atoms with Crippen molar-refractivity contribution in [3.05, 3.63) is 29.3 Å². The van der Waals surface area contributed by atoms with Crippen molar-refractivity contribution in [2.75, 3.05) is 5.73 Å². The number of carbonyl (C=O) groups excluding carboxylic acids is 2. The van der Waals surface area contributed by atoms with Crippen LogP contribution >= 0.6 is 0 Å². The van der Waals surface area contributed by atoms with Gasteiger partial charge in [-0.25, -0.2) is 0 Å². The Balaban J connectivity index is 1.92. The van der Waals surface area contributed by atoms with Gasteiger partial charge in [0, 0.05) is 11.7 Å². The van der Waals surface area contributed by atoms with Crippen LogP contribution in [0.2, 0.25) is 0 Å². The molecule has 0 radical (unpaired) electrons. The minimum absolute atomic E-state index is 0.0444. The van der Waals surface area contributed by atoms with E-state index in [1.807, 2.05) is 0 Å². The number of nitrogen functional groups attached to an aromatic ring is 1. The summed E-state index contributed by atoms with van der Waals surface area (Å²) in [7, 11) is 0. The predicted molar refractivity (Wildman–Crippen MR) is 72.8 cm³/mol. The lowest BCUT2D eigenvalue weighted by Gasteiger charge is -2.32. The molecule has 0 atom stereocenters. The van der Waals surface area contributed by atoms with E-state index in [2.05, 4.69) is 6.92 Å². The standard InChI is InChI=1S/C15H18N2O2/c1-9-5-7-10(8-6-9)17-14(18)11-3-2-4-12(16)13(11)15(17)19/h2-4,9-10H,5-8,16H2,1H3. The second-order valence-corrected chi connectivity index (χ2v) is 5.66. The van der Waals surface area contributed by atoms with E-state index < -0.39 is 0 Å². The van der Waals surface area contributed by atoms with Crippen LogP contribution in [-0.4, -0.2) is 22.8 Å². The molecule has 0 unspecified atom stereocenters. The summed E-state index contributed by atoms with van der Waals surface area (Å²) in [5.41, 5.74) is 7.10. The first kappa shape index (κ1) is 12.2. The van der Waals surface area contributed by atoms with Crippen molar-refractivity contribution in [3.8, 4) is 0 Å². The average molecular weight is 258 g/mol. The molecule has 2 amide bonds. The molecule has 1 heterocycles. The monoisotopic (exact) mass is 258 g/mol. The van der Waals surface area contributed by atoms with Crippen LogP contribution in [0.4, 0.5) is 5.69 Å². The lowest BCUT2D eigenvalue weighted by molar-refractivity contribution is 0.0534. The highest BCUT2D eigenvalue weighted by Crippen LogP contribution is 2.34. The summed E-state index contributed by atoms with van der Waals surface area (Å²) in [4.78, 5) is 26.3. The average Bonchev–Trinajstić information content (AvgIpc) is 2.65. The third kappa shape index (κ3) is 1.82. The Morgan fingerprint density at radius 1 is 1.11 bits per heavy atom. The molecule has 0 saturated heterocycles. The minimum Gasteiger partial charge on any atom is -0.398 e. The van der Waals surface area contributed by atoms with Crippen molar-refractivity contribution < 1.29 is 9.59 Å². The molecular weight excluding hydrogens is 240 g/mol. The van der Waals surface area contributed by atoms with Gasteiger partial charge in [0.1, 0.15) is 0 Å². The van der Waals surface area contributed by atoms with Crippen LogP contribution in [0.1, 0.15) is 53.3 Å². The lowest BCUT2D eigenvalue weighted by atomic mass is 9.86. The van der Waals surface area contributed by atoms with Gasteiger partial charge in [0.05, 0.1) is 11.1 Å². The summed E-state index contributed by atoms with van der Waals surface area (Å²) < 4.78 is 0. The second kappa shape index (κ2) is 4.37. The summed E-state index contributed by atoms with van der Waals surface area (Å²) in [6, 6.07) is 5.14. The Morgan fingerprint density at radius 3 is 2.42 bits per heavy atom. The molecule has 2 aliphatic rings. The third-order valence-electron chi connectivity index (χ3n) is 4.33. The van der Waals surface area contributed by atoms with Gasteiger partial charge >= 0.3 is 0 Å². The highest BCUT2D eigenvalue weighted by Gasteiger charge is 2.41. The molecule has 19 heavy (non-hydrogen) atoms. The maximum atomic E-state index is 12.4. The number of nitrogens with zero attached hydrogens (tertiary/aromatic N) is 1. The van der Waals surface area contributed by atoms with Gasteiger partial charge in [0.2, 0.25) is 0 Å². The molecular formula is C15H18N2O2. The number of fused-ring (bicyclic) bond motifs is 1. The van der Waals surface area contributed by atoms with Crippen molar-refractivity contribution >= 4 is 17.5 Å². The van der Waals surface area contributed by atoms with Gasteiger partial charge in [0.25, 0.3) is 11.8 Å². The van der Waals surface area contributed by atoms with E-state index in [0.717, 1.165) is 25.7 Å². The molecule has 1 aromatic carbocycles. The Labute approximate surface area is 112 Å². The molecule has 0 spiro atoms. The molecule has 4 nitrogen and oxygen atoms in total. The fraction of sp³-hybridized carbons (Fsp3) is 0.467. The van der Waals surface area contributed by atoms with Gasteiger partial charge in [-0.1, -0.05) is 13.0 Å². The van der Waals surface area contributed by atoms with Gasteiger partial charge in [-0.2, -0.15) is 0 Å². The number of hydrogen-bond donors (Lipinski definition) is 1. The molecule has 1 saturated carbocycles. The summed E-state index contributed by atoms with van der Waals surface area (Å²) in [5, 5.41) is 0. The number of benzene rings is 1. The SMILES string of the molecule is CC1CCC(N2C(=O)c3cccc(N)c3C2=O)CC1. The third-order valence-corrected chi connectivity index (χ3v) is 4.33. The van der Waals surface area contributed by atoms with Crippen molar-refractivity contribution in [1.29, 1.82) is 0 Å². The van der Waals surface area contributed by atoms with Crippen LogP contribution in [0.15, 0.2) is 18.2 Å². The van der Waals surface area contributed by atoms with Crippen molar-refractivity contribution in [2.45, 2.75) is 38.6 Å². The number of imide groups is 1. The Kier molecular flexibility index (Phi) is 2.81. The quantitative estimate of drug-likeness (QED) is 0.621. The minimum atomic E-state index is -0.211. The van der Waals surface area contributed by atoms with E-state index in [1.165, 1.54) is 4.90 Å². The van der Waals surface area contributed by atoms with Crippen LogP contribution in [0.3, 0.4) is 0 Å². The molecule has 1 aliphatic heterocycles. The zero-order valence-corrected chi connectivity index (χ0v) is 11.1. The maximum Gasteiger partial charge on any atom is 0.263 e. The Morgan fingerprint density at radius 2 is 1.79 bits per heavy atom. The zero-order chi connectivity index (χ0) is 13.6. The van der Waals surface area contributed by atoms with Crippen LogP contribution < -0.4 is 5.73 Å². The smallest absolute Gasteiger partial charge is 0.263 e. The number of hydrogen-bond acceptors (Lipinski definition) is 3. The van der Waals surface area contributed by atoms with Gasteiger partial charge < -0.3 is 5.73 Å². The van der Waals surface area contributed by atoms with Crippen molar-refractivity contribution in [1.82, 2.24) is 4.90 Å². The number of rotatable bonds is 1. The van der Waals surface area contributed by atoms with Gasteiger partial charge in [0.15, 0.2) is 0 Å². The molecule has 3 rings (SSSR count). The molecule has 0 bridgehead atoms. The summed E-state index contributed by atoms with van der Waals surface area (Å²) in [5.74, 6) is 0.306. The Bertz CT molecular complexity index is 545. The summed E-state index contributed by atoms with van der Waals surface area (Å²) in [6.07, 6.45) is 3.97. The fourth-order valence-corrected chi connectivity index (χ4v) is 3.16. The topological polar surface area (TPSA) is 63.4 Å². The van der Waals surface area contributed by atoms with Crippen LogP contribution in [0, 0.1) is 5.92 Å². The van der Waals surface area contributed by atoms with E-state index in [1.54, 1.807) is 18.2 Å². The highest BCUT2D eigenvalue weighted by atomic mass is 16.2. The second-order valence-electron chi connectivity index (χ2n) is 5.66. The number of carbonyl (C=O) groups is 2. The largest absolute Gasteiger partial charge is 0.398 e. The first-order valence-corrected chi connectivity index (χ1v) is 6.86. The fourth-order valence-electron chi connectivity index (χ4n) is 3.16. The normalized spacial score (nSPS) is 26.7. The van der Waals surface area contributed by atoms with Crippen LogP contribution in [-0.2, 0) is 0 Å². The van der Waals surface area contributed by atoms with E-state index in [0.29, 0.717) is 22.7 Å². The summed E-state index contributed by atoms with van der Waals surface area (Å²) >= 11 is 0. The zero-order valence-electron chi connectivity index (χ0n) is 11.1. The first-order valence-electron chi connectivity index (χ1n) is 6.86. The van der Waals surface area contributed by atoms with Gasteiger partial charge in [-0.3, -0.25) is 14.5 Å². The van der Waals surface area contributed by atoms with E-state index in [-0.39, 0.29) is 17.9 Å². The number of anilines is 1. The van der Waals surface area contributed by atoms with Crippen LogP contribution in [0.25, 0.3) is 0 Å². The molecule has 1 aliphatic carbocycles. The molecule has 1 aromatic rings. The van der Waals surface area contributed by atoms with E-state index in [4.69, 9.17) is 5.73 Å². The molecule has 4 heteroatoms. The summed E-state index contributed by atoms with van der Waals surface area (Å²) in [6.45, 7) is 2.22. The molecule has 100 valence electrons. The lowest BCUT2D eigenvalue weighted by Crippen LogP contribution is -2.41. The number of amides is 2. The predicted octanol–water partition coefficient (Wildman–Crippen LogP) is 2.44. The molecule has 1 fully saturated rings. The number of nitrogens with two attached hydrogens (primary N) is 1. The van der Waals surface area contributed by atoms with Crippen molar-refractivity contribution in [3.63, 3.8) is 0 Å². The highest BCUT2D eigenvalue weighted by molar-refractivity contribution is 6.23. The Hall–Kier alpha value is -1.84. The molecule has 0 aromatic heterocycles. The van der Waals surface area contributed by atoms with Crippen molar-refractivity contribution in [2.24, 2.45) is 5.92 Å².